The molecular weight excluding hydrogens is 410 g/mol. The largest absolute Gasteiger partial charge is 0.477 e. The van der Waals surface area contributed by atoms with Crippen LogP contribution < -0.4 is 11.1 Å². The summed E-state index contributed by atoms with van der Waals surface area (Å²) in [4.78, 5) is 49.4. The minimum atomic E-state index is -1.28. The summed E-state index contributed by atoms with van der Waals surface area (Å²) in [6, 6.07) is 6.12. The van der Waals surface area contributed by atoms with Gasteiger partial charge in [-0.2, -0.15) is 0 Å². The molecule has 9 nitrogen and oxygen atoms in total. The molecule has 0 aromatic heterocycles. The number of hydrogen-bond acceptors (Lipinski definition) is 7. The van der Waals surface area contributed by atoms with Crippen LogP contribution in [0.25, 0.3) is 0 Å². The number of thioether (sulfide) groups is 1. The fourth-order valence-corrected chi connectivity index (χ4v) is 4.54. The number of carboxylic acids is 1. The van der Waals surface area contributed by atoms with Crippen LogP contribution in [0.3, 0.4) is 0 Å². The highest BCUT2D eigenvalue weighted by atomic mass is 32.2. The quantitative estimate of drug-likeness (QED) is 0.248. The molecule has 2 heterocycles. The van der Waals surface area contributed by atoms with Crippen molar-refractivity contribution in [3.05, 3.63) is 53.3 Å². The van der Waals surface area contributed by atoms with Crippen LogP contribution in [-0.4, -0.2) is 57.5 Å². The number of allylic oxidation sites excluding steroid dienone is 1. The van der Waals surface area contributed by atoms with Gasteiger partial charge in [0, 0.05) is 17.5 Å². The molecule has 158 valence electrons. The Hall–Kier alpha value is -3.27. The highest BCUT2D eigenvalue weighted by Gasteiger charge is 2.53. The summed E-state index contributed by atoms with van der Waals surface area (Å²) in [6.45, 7) is 1.86. The van der Waals surface area contributed by atoms with Crippen molar-refractivity contribution in [2.75, 3.05) is 18.1 Å². The van der Waals surface area contributed by atoms with Crippen LogP contribution in [-0.2, 0) is 30.3 Å². The third-order valence-corrected chi connectivity index (χ3v) is 5.93. The fraction of sp³-hybridized carbons (Fsp3) is 0.300. The third kappa shape index (κ3) is 4.33. The monoisotopic (exact) mass is 431 g/mol. The molecular formula is C20H21N3O6S. The maximum absolute atomic E-state index is 12.6. The fourth-order valence-electron chi connectivity index (χ4n) is 3.22. The Morgan fingerprint density at radius 2 is 2.10 bits per heavy atom. The molecule has 0 spiro atoms. The van der Waals surface area contributed by atoms with Crippen molar-refractivity contribution >= 4 is 41.2 Å². The number of β-lactam (4-membered cyclic amide) rings is 1. The molecule has 2 aliphatic heterocycles. The molecule has 30 heavy (non-hydrogen) atoms. The Bertz CT molecular complexity index is 958. The molecule has 0 bridgehead atoms. The van der Waals surface area contributed by atoms with Crippen LogP contribution in [0.1, 0.15) is 12.5 Å². The van der Waals surface area contributed by atoms with E-state index in [1.165, 1.54) is 17.8 Å². The van der Waals surface area contributed by atoms with E-state index >= 15 is 0 Å². The number of nitrogen functional groups attached to an aromatic ring is 1. The number of aliphatic carboxylic acids is 1. The highest BCUT2D eigenvalue weighted by Crippen LogP contribution is 2.40. The lowest BCUT2D eigenvalue weighted by molar-refractivity contribution is -0.150. The predicted molar refractivity (Wildman–Crippen MR) is 110 cm³/mol. The zero-order valence-corrected chi connectivity index (χ0v) is 17.0. The van der Waals surface area contributed by atoms with E-state index in [0.717, 1.165) is 11.0 Å². The van der Waals surface area contributed by atoms with Gasteiger partial charge in [-0.3, -0.25) is 14.5 Å². The summed E-state index contributed by atoms with van der Waals surface area (Å²) in [5, 5.41) is 11.7. The third-order valence-electron chi connectivity index (χ3n) is 4.63. The van der Waals surface area contributed by atoms with Gasteiger partial charge in [0.25, 0.3) is 5.91 Å². The minimum absolute atomic E-state index is 0.0169. The summed E-state index contributed by atoms with van der Waals surface area (Å²) in [5.74, 6) is -2.49. The Balaban J connectivity index is 1.71. The van der Waals surface area contributed by atoms with E-state index < -0.39 is 29.3 Å². The summed E-state index contributed by atoms with van der Waals surface area (Å²) >= 11 is 1.31. The van der Waals surface area contributed by atoms with E-state index in [2.05, 4.69) is 5.32 Å². The Morgan fingerprint density at radius 3 is 2.77 bits per heavy atom. The van der Waals surface area contributed by atoms with E-state index in [1.54, 1.807) is 31.2 Å². The molecule has 0 radical (unpaired) electrons. The number of carbonyl (C=O) groups excluding carboxylic acids is 3. The topological polar surface area (TPSA) is 139 Å². The first-order valence-corrected chi connectivity index (χ1v) is 10.3. The number of ether oxygens (including phenoxy) is 1. The van der Waals surface area contributed by atoms with Crippen molar-refractivity contribution in [1.29, 1.82) is 0 Å². The van der Waals surface area contributed by atoms with Gasteiger partial charge in [-0.05, 0) is 30.2 Å². The second-order valence-electron chi connectivity index (χ2n) is 6.59. The van der Waals surface area contributed by atoms with Crippen LogP contribution in [0.2, 0.25) is 0 Å². The molecule has 10 heteroatoms. The number of nitrogens with one attached hydrogen (secondary N) is 1. The number of benzene rings is 1. The number of esters is 1. The van der Waals surface area contributed by atoms with Gasteiger partial charge in [-0.15, -0.1) is 11.8 Å². The van der Waals surface area contributed by atoms with Gasteiger partial charge in [-0.25, -0.2) is 9.59 Å². The number of carboxylic acid groups (broad SMARTS) is 1. The van der Waals surface area contributed by atoms with Gasteiger partial charge in [0.05, 0.1) is 13.0 Å². The number of amides is 2. The zero-order valence-electron chi connectivity index (χ0n) is 16.2. The van der Waals surface area contributed by atoms with Crippen molar-refractivity contribution in [2.45, 2.75) is 24.8 Å². The molecule has 2 amide bonds. The van der Waals surface area contributed by atoms with Gasteiger partial charge in [-0.1, -0.05) is 18.2 Å². The van der Waals surface area contributed by atoms with Crippen molar-refractivity contribution in [1.82, 2.24) is 10.2 Å². The Morgan fingerprint density at radius 1 is 1.37 bits per heavy atom. The molecule has 1 aromatic carbocycles. The van der Waals surface area contributed by atoms with E-state index in [0.29, 0.717) is 16.8 Å². The smallest absolute Gasteiger partial charge is 0.352 e. The molecule has 1 fully saturated rings. The SMILES string of the molecule is CCOC(=O)C=CC1=C(C(=O)O)N2C(=O)[C@@H](NC(=O)Cc3ccccc3N)[C@@H]2SC1. The van der Waals surface area contributed by atoms with Crippen molar-refractivity contribution in [2.24, 2.45) is 0 Å². The maximum Gasteiger partial charge on any atom is 0.352 e. The standard InChI is InChI=1S/C20H21N3O6S/c1-2-29-15(25)8-7-12-10-30-19-16(18(26)23(19)17(12)20(27)28)22-14(24)9-11-5-3-4-6-13(11)21/h3-8,16,19H,2,9-10,21H2,1H3,(H,22,24)(H,27,28)/t16-,19+/m1/s1. The lowest BCUT2D eigenvalue weighted by Crippen LogP contribution is -2.70. The summed E-state index contributed by atoms with van der Waals surface area (Å²) < 4.78 is 4.79. The normalized spacial score (nSPS) is 20.6. The molecule has 0 aliphatic carbocycles. The first-order valence-electron chi connectivity index (χ1n) is 9.22. The summed E-state index contributed by atoms with van der Waals surface area (Å²) in [6.07, 6.45) is 2.50. The predicted octanol–water partition coefficient (Wildman–Crippen LogP) is 0.669. The molecule has 0 unspecified atom stereocenters. The first-order chi connectivity index (χ1) is 14.3. The average molecular weight is 431 g/mol. The van der Waals surface area contributed by atoms with Crippen LogP contribution in [0.5, 0.6) is 0 Å². The lowest BCUT2D eigenvalue weighted by atomic mass is 10.0. The lowest BCUT2D eigenvalue weighted by Gasteiger charge is -2.49. The van der Waals surface area contributed by atoms with Crippen LogP contribution in [0.15, 0.2) is 47.7 Å². The number of fused-ring (bicyclic) bond motifs is 1. The second kappa shape index (κ2) is 9.04. The van der Waals surface area contributed by atoms with Crippen molar-refractivity contribution < 1.29 is 29.0 Å². The average Bonchev–Trinajstić information content (AvgIpc) is 2.71. The van der Waals surface area contributed by atoms with Crippen molar-refractivity contribution in [3.8, 4) is 0 Å². The summed E-state index contributed by atoms with van der Waals surface area (Å²) in [7, 11) is 0. The van der Waals surface area contributed by atoms with Crippen LogP contribution in [0.4, 0.5) is 5.69 Å². The van der Waals surface area contributed by atoms with E-state index in [4.69, 9.17) is 10.5 Å². The van der Waals surface area contributed by atoms with Crippen LogP contribution in [0, 0.1) is 0 Å². The minimum Gasteiger partial charge on any atom is -0.477 e. The highest BCUT2D eigenvalue weighted by molar-refractivity contribution is 8.00. The van der Waals surface area contributed by atoms with Gasteiger partial charge >= 0.3 is 11.9 Å². The molecule has 4 N–H and O–H groups in total. The number of hydrogen-bond donors (Lipinski definition) is 3. The molecule has 1 aromatic rings. The van der Waals surface area contributed by atoms with Gasteiger partial charge in [0.15, 0.2) is 0 Å². The number of anilines is 1. The Labute approximate surface area is 176 Å². The second-order valence-corrected chi connectivity index (χ2v) is 7.70. The maximum atomic E-state index is 12.6. The summed E-state index contributed by atoms with van der Waals surface area (Å²) in [5.41, 5.74) is 7.11. The molecule has 3 rings (SSSR count). The van der Waals surface area contributed by atoms with E-state index in [1.807, 2.05) is 0 Å². The van der Waals surface area contributed by atoms with E-state index in [9.17, 15) is 24.3 Å². The van der Waals surface area contributed by atoms with Crippen LogP contribution >= 0.6 is 11.8 Å². The molecule has 1 saturated heterocycles. The van der Waals surface area contributed by atoms with Gasteiger partial charge < -0.3 is 20.9 Å². The number of carbonyl (C=O) groups is 4. The number of nitrogens with zero attached hydrogens (tertiary/aromatic N) is 1. The number of nitrogens with two attached hydrogens (primary N) is 1. The van der Waals surface area contributed by atoms with Gasteiger partial charge in [0.2, 0.25) is 5.91 Å². The zero-order chi connectivity index (χ0) is 21.8. The van der Waals surface area contributed by atoms with E-state index in [-0.39, 0.29) is 30.4 Å². The molecule has 2 aliphatic rings. The molecule has 0 saturated carbocycles. The molecule has 2 atom stereocenters. The Kier molecular flexibility index (Phi) is 6.46. The van der Waals surface area contributed by atoms with Crippen molar-refractivity contribution in [3.63, 3.8) is 0 Å². The number of para-hydroxylation sites is 1. The first kappa shape index (κ1) is 21.4. The number of rotatable bonds is 7. The van der Waals surface area contributed by atoms with Gasteiger partial charge in [0.1, 0.15) is 17.1 Å².